The average Bonchev–Trinajstić information content (AvgIpc) is 3.26. The molecule has 1 heterocycles. The summed E-state index contributed by atoms with van der Waals surface area (Å²) in [5.74, 6) is 0.449. The van der Waals surface area contributed by atoms with Crippen molar-refractivity contribution in [3.8, 4) is 17.2 Å². The molecule has 0 saturated carbocycles. The largest absolute Gasteiger partial charge is 0.497 e. The summed E-state index contributed by atoms with van der Waals surface area (Å²) in [6, 6.07) is 18.6. The van der Waals surface area contributed by atoms with Gasteiger partial charge in [-0.2, -0.15) is 5.10 Å². The fraction of sp³-hybridized carbons (Fsp3) is 0.231. The van der Waals surface area contributed by atoms with Crippen LogP contribution in [0.25, 0.3) is 16.6 Å². The Bertz CT molecular complexity index is 1290. The van der Waals surface area contributed by atoms with Crippen molar-refractivity contribution >= 4 is 16.8 Å². The molecule has 0 saturated heterocycles. The monoisotopic (exact) mass is 463 g/mol. The van der Waals surface area contributed by atoms with Gasteiger partial charge in [0, 0.05) is 5.39 Å². The Balaban J connectivity index is 1.65. The molecule has 3 aromatic carbocycles. The van der Waals surface area contributed by atoms with Crippen LogP contribution in [-0.4, -0.2) is 40.0 Å². The molecule has 176 valence electrons. The van der Waals surface area contributed by atoms with Gasteiger partial charge in [-0.15, -0.1) is 0 Å². The molecule has 0 aliphatic heterocycles. The Morgan fingerprint density at radius 3 is 2.53 bits per heavy atom. The van der Waals surface area contributed by atoms with E-state index in [0.29, 0.717) is 11.5 Å². The molecule has 1 amide bonds. The Labute approximate surface area is 196 Å². The first-order chi connectivity index (χ1) is 16.4. The third-order valence-electron chi connectivity index (χ3n) is 5.50. The number of nitrogens with one attached hydrogen (secondary N) is 1. The molecule has 1 aromatic heterocycles. The van der Waals surface area contributed by atoms with Gasteiger partial charge in [0.05, 0.1) is 30.6 Å². The van der Waals surface area contributed by atoms with E-state index in [1.54, 1.807) is 30.1 Å². The van der Waals surface area contributed by atoms with E-state index in [0.717, 1.165) is 22.2 Å². The number of aliphatic hydroxyl groups is 1. The SMILES string of the molecule is COc1cccc([C@@H](Oc2ccc3c(cnn3-c3ccc(F)cc3)c2)C(C)NC(=O)[C@H](C)O)c1. The summed E-state index contributed by atoms with van der Waals surface area (Å²) < 4.78 is 26.7. The fourth-order valence-electron chi connectivity index (χ4n) is 3.72. The number of hydrogen-bond acceptors (Lipinski definition) is 5. The van der Waals surface area contributed by atoms with Crippen LogP contribution in [0.5, 0.6) is 11.5 Å². The maximum absolute atomic E-state index is 13.3. The van der Waals surface area contributed by atoms with Crippen molar-refractivity contribution in [1.82, 2.24) is 15.1 Å². The normalized spacial score (nSPS) is 13.8. The number of fused-ring (bicyclic) bond motifs is 1. The first-order valence-electron chi connectivity index (χ1n) is 10.9. The van der Waals surface area contributed by atoms with Crippen molar-refractivity contribution in [2.24, 2.45) is 0 Å². The number of carbonyl (C=O) groups excluding carboxylic acids is 1. The summed E-state index contributed by atoms with van der Waals surface area (Å²) in [4.78, 5) is 12.1. The lowest BCUT2D eigenvalue weighted by molar-refractivity contribution is -0.129. The maximum Gasteiger partial charge on any atom is 0.248 e. The number of benzene rings is 3. The minimum atomic E-state index is -1.14. The molecule has 0 aliphatic rings. The summed E-state index contributed by atoms with van der Waals surface area (Å²) in [7, 11) is 1.58. The molecule has 34 heavy (non-hydrogen) atoms. The van der Waals surface area contributed by atoms with Gasteiger partial charge in [-0.25, -0.2) is 9.07 Å². The summed E-state index contributed by atoms with van der Waals surface area (Å²) >= 11 is 0. The lowest BCUT2D eigenvalue weighted by Gasteiger charge is -2.27. The highest BCUT2D eigenvalue weighted by atomic mass is 19.1. The maximum atomic E-state index is 13.3. The number of carbonyl (C=O) groups is 1. The van der Waals surface area contributed by atoms with E-state index in [-0.39, 0.29) is 5.82 Å². The zero-order valence-electron chi connectivity index (χ0n) is 19.1. The van der Waals surface area contributed by atoms with E-state index in [2.05, 4.69) is 10.4 Å². The van der Waals surface area contributed by atoms with Gasteiger partial charge in [-0.1, -0.05) is 12.1 Å². The lowest BCUT2D eigenvalue weighted by atomic mass is 10.0. The number of rotatable bonds is 8. The summed E-state index contributed by atoms with van der Waals surface area (Å²) in [6.07, 6.45) is 0.0227. The molecule has 0 aliphatic carbocycles. The molecule has 0 fully saturated rings. The standard InChI is InChI=1S/C26H26FN3O4/c1-16(29-26(32)17(2)31)25(18-5-4-6-22(13-18)33-3)34-23-11-12-24-19(14-23)15-28-30(24)21-9-7-20(27)8-10-21/h4-17,25,31H,1-3H3,(H,29,32)/t16?,17-,25-/m0/s1. The molecule has 0 radical (unpaired) electrons. The number of amides is 1. The van der Waals surface area contributed by atoms with Gasteiger partial charge in [-0.05, 0) is 74.0 Å². The van der Waals surface area contributed by atoms with Crippen LogP contribution in [0.4, 0.5) is 4.39 Å². The highest BCUT2D eigenvalue weighted by molar-refractivity contribution is 5.82. The Morgan fingerprint density at radius 2 is 1.82 bits per heavy atom. The van der Waals surface area contributed by atoms with E-state index >= 15 is 0 Å². The van der Waals surface area contributed by atoms with Gasteiger partial charge >= 0.3 is 0 Å². The number of ether oxygens (including phenoxy) is 2. The van der Waals surface area contributed by atoms with Crippen molar-refractivity contribution in [1.29, 1.82) is 0 Å². The van der Waals surface area contributed by atoms with Crippen LogP contribution >= 0.6 is 0 Å². The number of nitrogens with zero attached hydrogens (tertiary/aromatic N) is 2. The van der Waals surface area contributed by atoms with E-state index in [9.17, 15) is 14.3 Å². The molecule has 3 atom stereocenters. The van der Waals surface area contributed by atoms with Crippen LogP contribution in [0.15, 0.2) is 72.9 Å². The Morgan fingerprint density at radius 1 is 1.06 bits per heavy atom. The Hall–Kier alpha value is -3.91. The smallest absolute Gasteiger partial charge is 0.248 e. The second-order valence-electron chi connectivity index (χ2n) is 8.04. The number of methoxy groups -OCH3 is 1. The van der Waals surface area contributed by atoms with E-state index < -0.39 is 24.2 Å². The first-order valence-corrected chi connectivity index (χ1v) is 10.9. The van der Waals surface area contributed by atoms with E-state index in [1.165, 1.54) is 19.1 Å². The zero-order valence-corrected chi connectivity index (χ0v) is 19.1. The second-order valence-corrected chi connectivity index (χ2v) is 8.04. The van der Waals surface area contributed by atoms with Crippen LogP contribution in [0.2, 0.25) is 0 Å². The molecule has 4 aromatic rings. The minimum Gasteiger partial charge on any atom is -0.497 e. The van der Waals surface area contributed by atoms with Gasteiger partial charge in [0.25, 0.3) is 0 Å². The number of hydrogen-bond donors (Lipinski definition) is 2. The first kappa shape index (κ1) is 23.3. The molecule has 1 unspecified atom stereocenters. The zero-order chi connectivity index (χ0) is 24.2. The number of halogens is 1. The van der Waals surface area contributed by atoms with Crippen molar-refractivity contribution < 1.29 is 23.8 Å². The van der Waals surface area contributed by atoms with Gasteiger partial charge in [-0.3, -0.25) is 4.79 Å². The van der Waals surface area contributed by atoms with Gasteiger partial charge < -0.3 is 19.9 Å². The van der Waals surface area contributed by atoms with Crippen LogP contribution < -0.4 is 14.8 Å². The fourth-order valence-corrected chi connectivity index (χ4v) is 3.72. The van der Waals surface area contributed by atoms with E-state index in [4.69, 9.17) is 9.47 Å². The number of aliphatic hydroxyl groups excluding tert-OH is 1. The topological polar surface area (TPSA) is 85.6 Å². The van der Waals surface area contributed by atoms with Gasteiger partial charge in [0.1, 0.15) is 29.5 Å². The van der Waals surface area contributed by atoms with Crippen LogP contribution in [0, 0.1) is 5.82 Å². The molecule has 0 spiro atoms. The third-order valence-corrected chi connectivity index (χ3v) is 5.50. The summed E-state index contributed by atoms with van der Waals surface area (Å²) in [5.41, 5.74) is 2.39. The molecular weight excluding hydrogens is 437 g/mol. The average molecular weight is 464 g/mol. The molecule has 7 nitrogen and oxygen atoms in total. The molecule has 4 rings (SSSR count). The molecular formula is C26H26FN3O4. The highest BCUT2D eigenvalue weighted by Gasteiger charge is 2.25. The molecule has 0 bridgehead atoms. The number of aromatic nitrogens is 2. The predicted octanol–water partition coefficient (Wildman–Crippen LogP) is 4.18. The van der Waals surface area contributed by atoms with Gasteiger partial charge in [0.2, 0.25) is 5.91 Å². The highest BCUT2D eigenvalue weighted by Crippen LogP contribution is 2.30. The Kier molecular flexibility index (Phi) is 6.79. The van der Waals surface area contributed by atoms with Crippen LogP contribution in [-0.2, 0) is 4.79 Å². The summed E-state index contributed by atoms with van der Waals surface area (Å²) in [5, 5.41) is 17.7. The van der Waals surface area contributed by atoms with Crippen molar-refractivity contribution in [2.75, 3.05) is 7.11 Å². The molecule has 8 heteroatoms. The lowest BCUT2D eigenvalue weighted by Crippen LogP contribution is -2.43. The van der Waals surface area contributed by atoms with Crippen molar-refractivity contribution in [3.63, 3.8) is 0 Å². The van der Waals surface area contributed by atoms with E-state index in [1.807, 2.05) is 49.4 Å². The molecule has 2 N–H and O–H groups in total. The quantitative estimate of drug-likeness (QED) is 0.410. The third kappa shape index (κ3) is 5.02. The minimum absolute atomic E-state index is 0.309. The predicted molar refractivity (Wildman–Crippen MR) is 127 cm³/mol. The van der Waals surface area contributed by atoms with Crippen LogP contribution in [0.1, 0.15) is 25.5 Å². The van der Waals surface area contributed by atoms with Gasteiger partial charge in [0.15, 0.2) is 0 Å². The van der Waals surface area contributed by atoms with Crippen LogP contribution in [0.3, 0.4) is 0 Å². The van der Waals surface area contributed by atoms with Crippen molar-refractivity contribution in [2.45, 2.75) is 32.1 Å². The summed E-state index contributed by atoms with van der Waals surface area (Å²) in [6.45, 7) is 3.23. The second kappa shape index (κ2) is 9.93. The van der Waals surface area contributed by atoms with Crippen molar-refractivity contribution in [3.05, 3.63) is 84.3 Å².